The Morgan fingerprint density at radius 2 is 1.77 bits per heavy atom. The second-order valence-corrected chi connectivity index (χ2v) is 7.34. The predicted octanol–water partition coefficient (Wildman–Crippen LogP) is 3.23. The van der Waals surface area contributed by atoms with E-state index in [2.05, 4.69) is 30.0 Å². The zero-order valence-corrected chi connectivity index (χ0v) is 15.9. The van der Waals surface area contributed by atoms with Gasteiger partial charge in [0.25, 0.3) is 0 Å². The fourth-order valence-electron chi connectivity index (χ4n) is 4.24. The molecule has 2 aromatic carbocycles. The summed E-state index contributed by atoms with van der Waals surface area (Å²) in [5, 5.41) is 0. The Bertz CT molecular complexity index is 886. The number of Topliss-reactive ketones (excluding diaryl/α,β-unsaturated/α-hetero) is 1. The highest BCUT2D eigenvalue weighted by Crippen LogP contribution is 2.29. The third-order valence-electron chi connectivity index (χ3n) is 5.52. The number of benzene rings is 2. The molecule has 0 unspecified atom stereocenters. The monoisotopic (exact) mass is 350 g/mol. The van der Waals surface area contributed by atoms with Crippen LogP contribution in [0.5, 0.6) is 0 Å². The number of nitrogens with zero attached hydrogens (tertiary/aromatic N) is 1. The standard InChI is InChI=1S/C22H26N2O2/c1-13-9-14(2)21(16(4)25)15(3)19(13)12-24-11-18-8-6-5-7-17(18)10-20(24)22(23)26/h5-9,20H,10-12H2,1-4H3,(H2,23,26)/t20-/m0/s1. The molecule has 1 aliphatic rings. The van der Waals surface area contributed by atoms with Crippen LogP contribution in [0.25, 0.3) is 0 Å². The fourth-order valence-corrected chi connectivity index (χ4v) is 4.24. The Labute approximate surface area is 155 Å². The largest absolute Gasteiger partial charge is 0.368 e. The molecule has 2 N–H and O–H groups in total. The van der Waals surface area contributed by atoms with Crippen LogP contribution in [-0.2, 0) is 24.3 Å². The SMILES string of the molecule is CC(=O)c1c(C)cc(C)c(CN2Cc3ccccc3C[C@H]2C(N)=O)c1C. The summed E-state index contributed by atoms with van der Waals surface area (Å²) in [5.41, 5.74) is 13.2. The van der Waals surface area contributed by atoms with Crippen molar-refractivity contribution in [2.24, 2.45) is 5.73 Å². The molecule has 0 bridgehead atoms. The van der Waals surface area contributed by atoms with Gasteiger partial charge in [0.15, 0.2) is 5.78 Å². The summed E-state index contributed by atoms with van der Waals surface area (Å²) in [4.78, 5) is 26.3. The van der Waals surface area contributed by atoms with E-state index in [9.17, 15) is 9.59 Å². The van der Waals surface area contributed by atoms with Gasteiger partial charge in [0.2, 0.25) is 5.91 Å². The van der Waals surface area contributed by atoms with Crippen LogP contribution < -0.4 is 5.73 Å². The van der Waals surface area contributed by atoms with Crippen molar-refractivity contribution < 1.29 is 9.59 Å². The van der Waals surface area contributed by atoms with Gasteiger partial charge in [-0.05, 0) is 67.5 Å². The van der Waals surface area contributed by atoms with Crippen LogP contribution >= 0.6 is 0 Å². The van der Waals surface area contributed by atoms with Crippen molar-refractivity contribution in [3.63, 3.8) is 0 Å². The minimum Gasteiger partial charge on any atom is -0.368 e. The van der Waals surface area contributed by atoms with E-state index in [4.69, 9.17) is 5.73 Å². The second kappa shape index (κ2) is 7.04. The van der Waals surface area contributed by atoms with E-state index >= 15 is 0 Å². The van der Waals surface area contributed by atoms with E-state index in [1.807, 2.05) is 26.0 Å². The normalized spacial score (nSPS) is 17.0. The lowest BCUT2D eigenvalue weighted by Crippen LogP contribution is -2.48. The Balaban J connectivity index is 2.01. The van der Waals surface area contributed by atoms with Gasteiger partial charge in [0.05, 0.1) is 6.04 Å². The highest BCUT2D eigenvalue weighted by atomic mass is 16.1. The Morgan fingerprint density at radius 3 is 2.38 bits per heavy atom. The molecule has 0 saturated carbocycles. The summed E-state index contributed by atoms with van der Waals surface area (Å²) in [5.74, 6) is -0.217. The molecule has 26 heavy (non-hydrogen) atoms. The van der Waals surface area contributed by atoms with E-state index in [0.29, 0.717) is 19.5 Å². The lowest BCUT2D eigenvalue weighted by Gasteiger charge is -2.36. The zero-order valence-electron chi connectivity index (χ0n) is 15.9. The zero-order chi connectivity index (χ0) is 19.0. The summed E-state index contributed by atoms with van der Waals surface area (Å²) < 4.78 is 0. The molecule has 0 radical (unpaired) electrons. The molecular formula is C22H26N2O2. The number of carbonyl (C=O) groups is 2. The van der Waals surface area contributed by atoms with Crippen molar-refractivity contribution in [1.82, 2.24) is 4.90 Å². The van der Waals surface area contributed by atoms with Gasteiger partial charge < -0.3 is 5.73 Å². The molecule has 2 aromatic rings. The van der Waals surface area contributed by atoms with E-state index in [-0.39, 0.29) is 17.7 Å². The highest BCUT2D eigenvalue weighted by molar-refractivity contribution is 5.97. The van der Waals surface area contributed by atoms with Crippen LogP contribution in [0.15, 0.2) is 30.3 Å². The number of nitrogens with two attached hydrogens (primary N) is 1. The molecule has 0 aliphatic carbocycles. The first-order valence-corrected chi connectivity index (χ1v) is 9.00. The molecule has 4 heteroatoms. The molecule has 1 heterocycles. The number of fused-ring (bicyclic) bond motifs is 1. The van der Waals surface area contributed by atoms with Gasteiger partial charge in [-0.25, -0.2) is 0 Å². The van der Waals surface area contributed by atoms with Crippen molar-refractivity contribution in [2.75, 3.05) is 0 Å². The maximum Gasteiger partial charge on any atom is 0.235 e. The topological polar surface area (TPSA) is 63.4 Å². The minimum atomic E-state index is -0.328. The van der Waals surface area contributed by atoms with Crippen molar-refractivity contribution in [3.8, 4) is 0 Å². The van der Waals surface area contributed by atoms with Gasteiger partial charge in [-0.2, -0.15) is 0 Å². The number of hydrogen-bond acceptors (Lipinski definition) is 3. The summed E-state index contributed by atoms with van der Waals surface area (Å²) in [7, 11) is 0. The molecule has 0 aromatic heterocycles. The molecule has 4 nitrogen and oxygen atoms in total. The maximum atomic E-state index is 12.1. The van der Waals surface area contributed by atoms with Crippen molar-refractivity contribution in [3.05, 3.63) is 69.3 Å². The van der Waals surface area contributed by atoms with E-state index in [0.717, 1.165) is 27.8 Å². The van der Waals surface area contributed by atoms with Crippen LogP contribution in [-0.4, -0.2) is 22.6 Å². The molecule has 0 spiro atoms. The molecule has 3 rings (SSSR count). The first-order chi connectivity index (χ1) is 12.3. The Hall–Kier alpha value is -2.46. The number of primary amides is 1. The van der Waals surface area contributed by atoms with E-state index < -0.39 is 0 Å². The number of aryl methyl sites for hydroxylation is 2. The van der Waals surface area contributed by atoms with Gasteiger partial charge in [-0.1, -0.05) is 30.3 Å². The molecule has 1 aliphatic heterocycles. The quantitative estimate of drug-likeness (QED) is 0.861. The van der Waals surface area contributed by atoms with E-state index in [1.165, 1.54) is 11.1 Å². The average molecular weight is 350 g/mol. The molecular weight excluding hydrogens is 324 g/mol. The number of hydrogen-bond donors (Lipinski definition) is 1. The Kier molecular flexibility index (Phi) is 4.97. The Morgan fingerprint density at radius 1 is 1.12 bits per heavy atom. The number of ketones is 1. The number of rotatable bonds is 4. The van der Waals surface area contributed by atoms with Gasteiger partial charge in [0.1, 0.15) is 0 Å². The van der Waals surface area contributed by atoms with Crippen LogP contribution in [0.4, 0.5) is 0 Å². The molecule has 1 atom stereocenters. The van der Waals surface area contributed by atoms with Crippen molar-refractivity contribution >= 4 is 11.7 Å². The van der Waals surface area contributed by atoms with Crippen molar-refractivity contribution in [1.29, 1.82) is 0 Å². The minimum absolute atomic E-state index is 0.0803. The smallest absolute Gasteiger partial charge is 0.235 e. The van der Waals surface area contributed by atoms with Gasteiger partial charge in [-0.15, -0.1) is 0 Å². The lowest BCUT2D eigenvalue weighted by molar-refractivity contribution is -0.124. The summed E-state index contributed by atoms with van der Waals surface area (Å²) in [6.45, 7) is 8.95. The van der Waals surface area contributed by atoms with Crippen molar-refractivity contribution in [2.45, 2.75) is 53.2 Å². The van der Waals surface area contributed by atoms with Gasteiger partial charge in [-0.3, -0.25) is 14.5 Å². The summed E-state index contributed by atoms with van der Waals surface area (Å²) >= 11 is 0. The first kappa shape index (κ1) is 18.3. The molecule has 1 amide bonds. The third-order valence-corrected chi connectivity index (χ3v) is 5.52. The lowest BCUT2D eigenvalue weighted by atomic mass is 9.89. The molecule has 136 valence electrons. The predicted molar refractivity (Wildman–Crippen MR) is 103 cm³/mol. The average Bonchev–Trinajstić information content (AvgIpc) is 2.57. The first-order valence-electron chi connectivity index (χ1n) is 9.00. The molecule has 0 fully saturated rings. The van der Waals surface area contributed by atoms with Gasteiger partial charge >= 0.3 is 0 Å². The van der Waals surface area contributed by atoms with Crippen LogP contribution in [0.1, 0.15) is 50.7 Å². The summed E-state index contributed by atoms with van der Waals surface area (Å²) in [6.07, 6.45) is 0.634. The highest BCUT2D eigenvalue weighted by Gasteiger charge is 2.30. The fraction of sp³-hybridized carbons (Fsp3) is 0.364. The van der Waals surface area contributed by atoms with Crippen LogP contribution in [0.3, 0.4) is 0 Å². The van der Waals surface area contributed by atoms with Gasteiger partial charge in [0, 0.05) is 18.7 Å². The number of amides is 1. The van der Waals surface area contributed by atoms with Crippen LogP contribution in [0, 0.1) is 20.8 Å². The number of carbonyl (C=O) groups excluding carboxylic acids is 2. The van der Waals surface area contributed by atoms with E-state index in [1.54, 1.807) is 6.92 Å². The maximum absolute atomic E-state index is 12.1. The second-order valence-electron chi connectivity index (χ2n) is 7.34. The molecule has 0 saturated heterocycles. The third kappa shape index (κ3) is 3.29. The van der Waals surface area contributed by atoms with Crippen LogP contribution in [0.2, 0.25) is 0 Å². The summed E-state index contributed by atoms with van der Waals surface area (Å²) in [6, 6.07) is 9.94.